The van der Waals surface area contributed by atoms with Gasteiger partial charge in [0.2, 0.25) is 0 Å². The first kappa shape index (κ1) is 14.4. The Morgan fingerprint density at radius 2 is 2.00 bits per heavy atom. The molecular formula is C14H20ClFN2O. The molecule has 0 aliphatic heterocycles. The molecule has 1 aromatic rings. The number of nitrogens with one attached hydrogen (secondary N) is 1. The number of hydrogen-bond donors (Lipinski definition) is 3. The Labute approximate surface area is 117 Å². The van der Waals surface area contributed by atoms with Gasteiger partial charge in [0.1, 0.15) is 5.82 Å². The van der Waals surface area contributed by atoms with Crippen molar-refractivity contribution < 1.29 is 9.50 Å². The van der Waals surface area contributed by atoms with Crippen molar-refractivity contribution in [3.8, 4) is 0 Å². The van der Waals surface area contributed by atoms with Gasteiger partial charge in [-0.2, -0.15) is 0 Å². The van der Waals surface area contributed by atoms with Gasteiger partial charge in [-0.05, 0) is 18.9 Å². The monoisotopic (exact) mass is 286 g/mol. The minimum Gasteiger partial charge on any atom is -0.397 e. The molecular weight excluding hydrogens is 267 g/mol. The lowest BCUT2D eigenvalue weighted by Crippen LogP contribution is -2.35. The SMILES string of the molecule is Nc1cc(Cl)c(F)cc1NCC1(CO)CCCCC1. The fourth-order valence-electron chi connectivity index (χ4n) is 2.69. The summed E-state index contributed by atoms with van der Waals surface area (Å²) >= 11 is 5.67. The van der Waals surface area contributed by atoms with Crippen LogP contribution >= 0.6 is 11.6 Å². The van der Waals surface area contributed by atoms with Gasteiger partial charge in [0.05, 0.1) is 23.0 Å². The molecule has 0 aromatic heterocycles. The van der Waals surface area contributed by atoms with Crippen molar-refractivity contribution in [3.63, 3.8) is 0 Å². The van der Waals surface area contributed by atoms with Crippen LogP contribution in [0.25, 0.3) is 0 Å². The van der Waals surface area contributed by atoms with E-state index in [4.69, 9.17) is 17.3 Å². The average molecular weight is 287 g/mol. The number of nitrogen functional groups attached to an aromatic ring is 1. The highest BCUT2D eigenvalue weighted by Crippen LogP contribution is 2.36. The molecule has 4 N–H and O–H groups in total. The van der Waals surface area contributed by atoms with Gasteiger partial charge >= 0.3 is 0 Å². The van der Waals surface area contributed by atoms with E-state index >= 15 is 0 Å². The van der Waals surface area contributed by atoms with E-state index in [0.29, 0.717) is 17.9 Å². The molecule has 0 atom stereocenters. The highest BCUT2D eigenvalue weighted by Gasteiger charge is 2.31. The third kappa shape index (κ3) is 3.31. The highest BCUT2D eigenvalue weighted by molar-refractivity contribution is 6.31. The predicted molar refractivity (Wildman–Crippen MR) is 76.9 cm³/mol. The Bertz CT molecular complexity index is 447. The Morgan fingerprint density at radius 1 is 1.32 bits per heavy atom. The molecule has 0 heterocycles. The molecule has 0 bridgehead atoms. The normalized spacial score (nSPS) is 18.3. The second-order valence-corrected chi connectivity index (χ2v) is 5.83. The van der Waals surface area contributed by atoms with Crippen molar-refractivity contribution in [2.24, 2.45) is 5.41 Å². The Balaban J connectivity index is 2.07. The molecule has 3 nitrogen and oxygen atoms in total. The van der Waals surface area contributed by atoms with Crippen molar-refractivity contribution in [1.82, 2.24) is 0 Å². The van der Waals surface area contributed by atoms with Gasteiger partial charge in [-0.25, -0.2) is 4.39 Å². The molecule has 1 fully saturated rings. The number of aliphatic hydroxyl groups is 1. The lowest BCUT2D eigenvalue weighted by atomic mass is 9.74. The van der Waals surface area contributed by atoms with E-state index in [-0.39, 0.29) is 17.0 Å². The van der Waals surface area contributed by atoms with Gasteiger partial charge < -0.3 is 16.2 Å². The van der Waals surface area contributed by atoms with Crippen LogP contribution in [-0.2, 0) is 0 Å². The number of halogens is 2. The van der Waals surface area contributed by atoms with Crippen molar-refractivity contribution >= 4 is 23.0 Å². The third-order valence-electron chi connectivity index (χ3n) is 4.00. The maximum Gasteiger partial charge on any atom is 0.143 e. The summed E-state index contributed by atoms with van der Waals surface area (Å²) in [4.78, 5) is 0. The maximum absolute atomic E-state index is 13.4. The van der Waals surface area contributed by atoms with Crippen LogP contribution in [0.2, 0.25) is 5.02 Å². The standard InChI is InChI=1S/C14H20ClFN2O/c15-10-6-12(17)13(7-11(10)16)18-8-14(9-19)4-2-1-3-5-14/h6-7,18-19H,1-5,8-9,17H2. The zero-order valence-electron chi connectivity index (χ0n) is 10.9. The van der Waals surface area contributed by atoms with Crippen LogP contribution in [0.4, 0.5) is 15.8 Å². The van der Waals surface area contributed by atoms with Crippen molar-refractivity contribution in [2.45, 2.75) is 32.1 Å². The van der Waals surface area contributed by atoms with Crippen LogP contribution in [-0.4, -0.2) is 18.3 Å². The predicted octanol–water partition coefficient (Wildman–Crippen LogP) is 3.42. The van der Waals surface area contributed by atoms with Crippen molar-refractivity contribution in [2.75, 3.05) is 24.2 Å². The zero-order chi connectivity index (χ0) is 13.9. The van der Waals surface area contributed by atoms with Crippen molar-refractivity contribution in [3.05, 3.63) is 23.0 Å². The van der Waals surface area contributed by atoms with Gasteiger partial charge in [-0.15, -0.1) is 0 Å². The van der Waals surface area contributed by atoms with Gasteiger partial charge in [0.15, 0.2) is 0 Å². The number of rotatable bonds is 4. The first-order valence-electron chi connectivity index (χ1n) is 6.66. The molecule has 5 heteroatoms. The molecule has 1 saturated carbocycles. The van der Waals surface area contributed by atoms with Crippen LogP contribution in [0.3, 0.4) is 0 Å². The molecule has 1 aliphatic rings. The molecule has 2 rings (SSSR count). The molecule has 0 unspecified atom stereocenters. The molecule has 1 aliphatic carbocycles. The fourth-order valence-corrected chi connectivity index (χ4v) is 2.86. The third-order valence-corrected chi connectivity index (χ3v) is 4.29. The van der Waals surface area contributed by atoms with Gasteiger partial charge in [0.25, 0.3) is 0 Å². The van der Waals surface area contributed by atoms with Gasteiger partial charge in [0, 0.05) is 18.0 Å². The second-order valence-electron chi connectivity index (χ2n) is 5.43. The average Bonchev–Trinajstić information content (AvgIpc) is 2.42. The minimum atomic E-state index is -0.486. The van der Waals surface area contributed by atoms with Crippen LogP contribution in [0.1, 0.15) is 32.1 Å². The number of anilines is 2. The first-order chi connectivity index (χ1) is 9.06. The van der Waals surface area contributed by atoms with E-state index in [1.54, 1.807) is 0 Å². The number of aliphatic hydroxyl groups excluding tert-OH is 1. The summed E-state index contributed by atoms with van der Waals surface area (Å²) in [7, 11) is 0. The summed E-state index contributed by atoms with van der Waals surface area (Å²) in [6.07, 6.45) is 5.47. The Kier molecular flexibility index (Phi) is 4.53. The largest absolute Gasteiger partial charge is 0.397 e. The summed E-state index contributed by atoms with van der Waals surface area (Å²) in [5.41, 5.74) is 6.67. The van der Waals surface area contributed by atoms with E-state index in [1.165, 1.54) is 18.6 Å². The lowest BCUT2D eigenvalue weighted by Gasteiger charge is -2.36. The lowest BCUT2D eigenvalue weighted by molar-refractivity contribution is 0.0944. The number of nitrogens with two attached hydrogens (primary N) is 1. The maximum atomic E-state index is 13.4. The minimum absolute atomic E-state index is 0.0255. The smallest absolute Gasteiger partial charge is 0.143 e. The van der Waals surface area contributed by atoms with Gasteiger partial charge in [-0.3, -0.25) is 0 Å². The number of hydrogen-bond acceptors (Lipinski definition) is 3. The van der Waals surface area contributed by atoms with E-state index in [9.17, 15) is 9.50 Å². The second kappa shape index (κ2) is 5.97. The Hall–Kier alpha value is -1.00. The Morgan fingerprint density at radius 3 is 2.63 bits per heavy atom. The first-order valence-corrected chi connectivity index (χ1v) is 7.03. The topological polar surface area (TPSA) is 58.3 Å². The summed E-state index contributed by atoms with van der Waals surface area (Å²) in [6, 6.07) is 2.72. The molecule has 0 saturated heterocycles. The fraction of sp³-hybridized carbons (Fsp3) is 0.571. The van der Waals surface area contributed by atoms with Crippen LogP contribution in [0.15, 0.2) is 12.1 Å². The molecule has 0 radical (unpaired) electrons. The molecule has 0 amide bonds. The van der Waals surface area contributed by atoms with Gasteiger partial charge in [-0.1, -0.05) is 30.9 Å². The molecule has 19 heavy (non-hydrogen) atoms. The van der Waals surface area contributed by atoms with Crippen LogP contribution in [0, 0.1) is 11.2 Å². The van der Waals surface area contributed by atoms with Crippen LogP contribution < -0.4 is 11.1 Å². The zero-order valence-corrected chi connectivity index (χ0v) is 11.6. The quantitative estimate of drug-likeness (QED) is 0.743. The highest BCUT2D eigenvalue weighted by atomic mass is 35.5. The summed E-state index contributed by atoms with van der Waals surface area (Å²) in [6.45, 7) is 0.755. The van der Waals surface area contributed by atoms with E-state index in [1.807, 2.05) is 0 Å². The van der Waals surface area contributed by atoms with E-state index in [0.717, 1.165) is 25.7 Å². The molecule has 0 spiro atoms. The summed E-state index contributed by atoms with van der Waals surface area (Å²) in [5, 5.41) is 12.8. The van der Waals surface area contributed by atoms with E-state index < -0.39 is 5.82 Å². The van der Waals surface area contributed by atoms with Crippen LogP contribution in [0.5, 0.6) is 0 Å². The summed E-state index contributed by atoms with van der Waals surface area (Å²) < 4.78 is 13.4. The summed E-state index contributed by atoms with van der Waals surface area (Å²) in [5.74, 6) is -0.486. The molecule has 106 valence electrons. The number of benzene rings is 1. The molecule has 1 aromatic carbocycles. The van der Waals surface area contributed by atoms with E-state index in [2.05, 4.69) is 5.32 Å². The van der Waals surface area contributed by atoms with Crippen molar-refractivity contribution in [1.29, 1.82) is 0 Å².